The van der Waals surface area contributed by atoms with Crippen molar-refractivity contribution >= 4 is 17.1 Å². The van der Waals surface area contributed by atoms with Crippen LogP contribution in [0.25, 0.3) is 22.3 Å². The van der Waals surface area contributed by atoms with Crippen LogP contribution in [0.2, 0.25) is 0 Å². The summed E-state index contributed by atoms with van der Waals surface area (Å²) in [6.07, 6.45) is 7.08. The predicted octanol–water partition coefficient (Wildman–Crippen LogP) is 3.39. The fraction of sp³-hybridized carbons (Fsp3) is 0.214. The summed E-state index contributed by atoms with van der Waals surface area (Å²) in [6.45, 7) is 1.23. The minimum atomic E-state index is -0.233. The first-order valence-corrected chi connectivity index (χ1v) is 12.2. The molecule has 9 nitrogen and oxygen atoms in total. The van der Waals surface area contributed by atoms with Crippen molar-refractivity contribution in [2.24, 2.45) is 0 Å². The van der Waals surface area contributed by atoms with Crippen LogP contribution in [0.3, 0.4) is 0 Å². The minimum Gasteiger partial charge on any atom is -0.497 e. The van der Waals surface area contributed by atoms with Crippen molar-refractivity contribution < 1.29 is 9.53 Å². The molecule has 1 unspecified atom stereocenters. The van der Waals surface area contributed by atoms with Gasteiger partial charge in [0, 0.05) is 48.7 Å². The van der Waals surface area contributed by atoms with Crippen molar-refractivity contribution in [1.82, 2.24) is 29.4 Å². The van der Waals surface area contributed by atoms with E-state index in [-0.39, 0.29) is 17.6 Å². The summed E-state index contributed by atoms with van der Waals surface area (Å²) in [6, 6.07) is 17.1. The normalized spacial score (nSPS) is 14.9. The van der Waals surface area contributed by atoms with Gasteiger partial charge in [0.15, 0.2) is 5.65 Å². The monoisotopic (exact) mass is 494 g/mol. The lowest BCUT2D eigenvalue weighted by molar-refractivity contribution is 0.0930. The molecule has 0 fully saturated rings. The maximum Gasteiger partial charge on any atom is 0.327 e. The zero-order chi connectivity index (χ0) is 25.4. The average molecular weight is 495 g/mol. The van der Waals surface area contributed by atoms with E-state index in [1.54, 1.807) is 24.1 Å². The molecule has 0 bridgehead atoms. The first-order chi connectivity index (χ1) is 18.1. The Hall–Kier alpha value is -4.66. The molecular formula is C28H26N6O3. The van der Waals surface area contributed by atoms with E-state index in [1.807, 2.05) is 60.8 Å². The SMILES string of the molecule is COc1cccc(Cn2c(=O)[nH]c3ncc(-c4cccc(C(=O)NC5CCn6ccnc6C5)c4)cc32)c1. The Labute approximate surface area is 212 Å². The van der Waals surface area contributed by atoms with Crippen LogP contribution >= 0.6 is 0 Å². The third-order valence-corrected chi connectivity index (χ3v) is 6.85. The number of ether oxygens (including phenoxy) is 1. The molecule has 186 valence electrons. The number of imidazole rings is 2. The Kier molecular flexibility index (Phi) is 5.80. The number of pyridine rings is 1. The van der Waals surface area contributed by atoms with Crippen LogP contribution in [0.5, 0.6) is 5.75 Å². The third kappa shape index (κ3) is 4.51. The second-order valence-corrected chi connectivity index (χ2v) is 9.24. The minimum absolute atomic E-state index is 0.0509. The summed E-state index contributed by atoms with van der Waals surface area (Å²) < 4.78 is 9.10. The molecule has 6 rings (SSSR count). The van der Waals surface area contributed by atoms with Gasteiger partial charge in [-0.1, -0.05) is 24.3 Å². The zero-order valence-corrected chi connectivity index (χ0v) is 20.3. The molecule has 1 aliphatic rings. The van der Waals surface area contributed by atoms with Crippen molar-refractivity contribution in [3.63, 3.8) is 0 Å². The molecule has 2 N–H and O–H groups in total. The number of methoxy groups -OCH3 is 1. The molecule has 3 aromatic heterocycles. The van der Waals surface area contributed by atoms with Gasteiger partial charge in [-0.2, -0.15) is 0 Å². The van der Waals surface area contributed by atoms with Gasteiger partial charge in [-0.05, 0) is 47.9 Å². The summed E-state index contributed by atoms with van der Waals surface area (Å²) in [5, 5.41) is 3.15. The number of carbonyl (C=O) groups excluding carboxylic acids is 1. The number of amides is 1. The lowest BCUT2D eigenvalue weighted by atomic mass is 10.0. The number of aryl methyl sites for hydroxylation is 1. The van der Waals surface area contributed by atoms with Gasteiger partial charge in [0.1, 0.15) is 11.6 Å². The van der Waals surface area contributed by atoms with Crippen molar-refractivity contribution in [3.05, 3.63) is 101 Å². The Morgan fingerprint density at radius 2 is 2.03 bits per heavy atom. The molecular weight excluding hydrogens is 468 g/mol. The van der Waals surface area contributed by atoms with E-state index in [2.05, 4.69) is 24.8 Å². The molecule has 1 atom stereocenters. The number of carbonyl (C=O) groups is 1. The number of nitrogens with one attached hydrogen (secondary N) is 2. The molecule has 1 amide bonds. The standard InChI is InChI=1S/C28H26N6O3/c1-37-23-7-2-4-18(12-23)17-34-24-14-21(16-30-26(24)32-28(34)36)19-5-3-6-20(13-19)27(35)31-22-8-10-33-11-9-29-25(33)15-22/h2-7,9,11-14,16,22H,8,10,15,17H2,1H3,(H,31,35)(H,30,32,36). The first kappa shape index (κ1) is 22.8. The van der Waals surface area contributed by atoms with Crippen molar-refractivity contribution in [2.45, 2.75) is 32.0 Å². The van der Waals surface area contributed by atoms with Crippen LogP contribution < -0.4 is 15.7 Å². The van der Waals surface area contributed by atoms with Crippen LogP contribution in [-0.4, -0.2) is 43.1 Å². The topological polar surface area (TPSA) is 107 Å². The van der Waals surface area contributed by atoms with Crippen LogP contribution in [-0.2, 0) is 19.5 Å². The molecule has 4 heterocycles. The van der Waals surface area contributed by atoms with E-state index in [0.29, 0.717) is 23.3 Å². The van der Waals surface area contributed by atoms with Crippen LogP contribution in [0, 0.1) is 0 Å². The second-order valence-electron chi connectivity index (χ2n) is 9.24. The third-order valence-electron chi connectivity index (χ3n) is 6.85. The summed E-state index contributed by atoms with van der Waals surface area (Å²) in [5.41, 5.74) is 4.16. The van der Waals surface area contributed by atoms with E-state index in [4.69, 9.17) is 4.74 Å². The molecule has 0 radical (unpaired) electrons. The number of H-pyrrole nitrogens is 1. The van der Waals surface area contributed by atoms with Gasteiger partial charge in [0.2, 0.25) is 0 Å². The van der Waals surface area contributed by atoms with E-state index >= 15 is 0 Å². The maximum absolute atomic E-state index is 13.1. The molecule has 37 heavy (non-hydrogen) atoms. The summed E-state index contributed by atoms with van der Waals surface area (Å²) in [7, 11) is 1.62. The molecule has 1 aliphatic heterocycles. The number of fused-ring (bicyclic) bond motifs is 2. The van der Waals surface area contributed by atoms with Gasteiger partial charge in [-0.15, -0.1) is 0 Å². The average Bonchev–Trinajstić information content (AvgIpc) is 3.52. The highest BCUT2D eigenvalue weighted by Gasteiger charge is 2.21. The van der Waals surface area contributed by atoms with Crippen molar-refractivity contribution in [1.29, 1.82) is 0 Å². The van der Waals surface area contributed by atoms with E-state index in [0.717, 1.165) is 47.7 Å². The van der Waals surface area contributed by atoms with E-state index < -0.39 is 0 Å². The quantitative estimate of drug-likeness (QED) is 0.376. The smallest absolute Gasteiger partial charge is 0.327 e. The van der Waals surface area contributed by atoms with Crippen molar-refractivity contribution in [2.75, 3.05) is 7.11 Å². The molecule has 0 saturated heterocycles. The summed E-state index contributed by atoms with van der Waals surface area (Å²) >= 11 is 0. The number of hydrogen-bond donors (Lipinski definition) is 2. The van der Waals surface area contributed by atoms with E-state index in [1.165, 1.54) is 0 Å². The molecule has 2 aromatic carbocycles. The number of benzene rings is 2. The molecule has 0 saturated carbocycles. The number of hydrogen-bond acceptors (Lipinski definition) is 5. The van der Waals surface area contributed by atoms with Gasteiger partial charge in [-0.3, -0.25) is 14.3 Å². The number of rotatable bonds is 6. The maximum atomic E-state index is 13.1. The highest BCUT2D eigenvalue weighted by Crippen LogP contribution is 2.24. The Bertz CT molecular complexity index is 1660. The highest BCUT2D eigenvalue weighted by atomic mass is 16.5. The van der Waals surface area contributed by atoms with Gasteiger partial charge in [0.25, 0.3) is 5.91 Å². The van der Waals surface area contributed by atoms with Crippen LogP contribution in [0.15, 0.2) is 78.0 Å². The Balaban J connectivity index is 1.26. The van der Waals surface area contributed by atoms with Gasteiger partial charge < -0.3 is 14.6 Å². The van der Waals surface area contributed by atoms with E-state index in [9.17, 15) is 9.59 Å². The Morgan fingerprint density at radius 3 is 2.92 bits per heavy atom. The van der Waals surface area contributed by atoms with Gasteiger partial charge in [0.05, 0.1) is 19.2 Å². The summed E-state index contributed by atoms with van der Waals surface area (Å²) in [5.74, 6) is 1.62. The zero-order valence-electron chi connectivity index (χ0n) is 20.3. The number of nitrogens with zero attached hydrogens (tertiary/aromatic N) is 4. The molecule has 5 aromatic rings. The highest BCUT2D eigenvalue weighted by molar-refractivity contribution is 5.95. The fourth-order valence-electron chi connectivity index (χ4n) is 4.88. The lowest BCUT2D eigenvalue weighted by Gasteiger charge is -2.24. The van der Waals surface area contributed by atoms with Crippen molar-refractivity contribution in [3.8, 4) is 16.9 Å². The predicted molar refractivity (Wildman–Crippen MR) is 140 cm³/mol. The van der Waals surface area contributed by atoms with Crippen LogP contribution in [0.4, 0.5) is 0 Å². The van der Waals surface area contributed by atoms with Gasteiger partial charge >= 0.3 is 5.69 Å². The molecule has 0 aliphatic carbocycles. The summed E-state index contributed by atoms with van der Waals surface area (Å²) in [4.78, 5) is 37.5. The van der Waals surface area contributed by atoms with Crippen LogP contribution in [0.1, 0.15) is 28.2 Å². The fourth-order valence-corrected chi connectivity index (χ4v) is 4.88. The number of aromatic nitrogens is 5. The lowest BCUT2D eigenvalue weighted by Crippen LogP contribution is -2.40. The molecule has 0 spiro atoms. The molecule has 9 heteroatoms. The Morgan fingerprint density at radius 1 is 1.14 bits per heavy atom. The second kappa shape index (κ2) is 9.42. The number of aromatic amines is 1. The first-order valence-electron chi connectivity index (χ1n) is 12.2. The van der Waals surface area contributed by atoms with Gasteiger partial charge in [-0.25, -0.2) is 14.8 Å². The largest absolute Gasteiger partial charge is 0.497 e.